The molecule has 4 atom stereocenters. The van der Waals surface area contributed by atoms with Crippen LogP contribution in [-0.4, -0.2) is 49.5 Å². The summed E-state index contributed by atoms with van der Waals surface area (Å²) < 4.78 is 10.0. The fraction of sp³-hybridized carbons (Fsp3) is 0.471. The van der Waals surface area contributed by atoms with E-state index in [0.717, 1.165) is 10.5 Å². The highest BCUT2D eigenvalue weighted by Gasteiger charge is 2.66. The second-order valence-electron chi connectivity index (χ2n) is 6.33. The quantitative estimate of drug-likeness (QED) is 0.641. The lowest BCUT2D eigenvalue weighted by molar-refractivity contribution is -0.152. The van der Waals surface area contributed by atoms with Crippen LogP contribution in [0.4, 0.5) is 0 Å². The van der Waals surface area contributed by atoms with Gasteiger partial charge in [0.25, 0.3) is 0 Å². The van der Waals surface area contributed by atoms with Crippen molar-refractivity contribution in [3.05, 3.63) is 29.8 Å². The van der Waals surface area contributed by atoms with Gasteiger partial charge in [-0.25, -0.2) is 0 Å². The van der Waals surface area contributed by atoms with Crippen LogP contribution in [0.2, 0.25) is 0 Å². The first-order chi connectivity index (χ1) is 11.3. The number of imide groups is 1. The van der Waals surface area contributed by atoms with E-state index in [9.17, 15) is 14.4 Å². The summed E-state index contributed by atoms with van der Waals surface area (Å²) in [4.78, 5) is 38.6. The van der Waals surface area contributed by atoms with Crippen molar-refractivity contribution in [3.63, 3.8) is 0 Å². The first-order valence-corrected chi connectivity index (χ1v) is 7.66. The Morgan fingerprint density at radius 3 is 2.33 bits per heavy atom. The Kier molecular flexibility index (Phi) is 3.83. The summed E-state index contributed by atoms with van der Waals surface area (Å²) in [5, 5.41) is 3.17. The van der Waals surface area contributed by atoms with Gasteiger partial charge in [-0.3, -0.25) is 24.6 Å². The molecule has 7 nitrogen and oxygen atoms in total. The highest BCUT2D eigenvalue weighted by molar-refractivity contribution is 6.09. The van der Waals surface area contributed by atoms with Gasteiger partial charge in [0.1, 0.15) is 11.3 Å². The van der Waals surface area contributed by atoms with E-state index in [2.05, 4.69) is 5.32 Å². The van der Waals surface area contributed by atoms with Gasteiger partial charge in [0.05, 0.1) is 26.1 Å². The van der Waals surface area contributed by atoms with Crippen molar-refractivity contribution in [2.45, 2.75) is 18.5 Å². The molecule has 2 heterocycles. The topological polar surface area (TPSA) is 84.9 Å². The van der Waals surface area contributed by atoms with E-state index in [1.165, 1.54) is 14.2 Å². The van der Waals surface area contributed by atoms with Gasteiger partial charge in [-0.05, 0) is 24.6 Å². The fourth-order valence-electron chi connectivity index (χ4n) is 3.78. The van der Waals surface area contributed by atoms with Crippen LogP contribution in [0.15, 0.2) is 24.3 Å². The largest absolute Gasteiger partial charge is 0.497 e. The van der Waals surface area contributed by atoms with E-state index >= 15 is 0 Å². The summed E-state index contributed by atoms with van der Waals surface area (Å²) >= 11 is 0. The van der Waals surface area contributed by atoms with Gasteiger partial charge in [0, 0.05) is 13.1 Å². The summed E-state index contributed by atoms with van der Waals surface area (Å²) in [6.07, 6.45) is 0. The van der Waals surface area contributed by atoms with Gasteiger partial charge < -0.3 is 9.47 Å². The van der Waals surface area contributed by atoms with Crippen LogP contribution >= 0.6 is 0 Å². The van der Waals surface area contributed by atoms with Crippen LogP contribution in [0.25, 0.3) is 0 Å². The summed E-state index contributed by atoms with van der Waals surface area (Å²) in [5.41, 5.74) is -0.434. The molecule has 2 aliphatic heterocycles. The van der Waals surface area contributed by atoms with E-state index in [0.29, 0.717) is 5.75 Å². The predicted molar refractivity (Wildman–Crippen MR) is 84.0 cm³/mol. The molecule has 0 saturated carbocycles. The maximum atomic E-state index is 12.6. The molecule has 0 aliphatic carbocycles. The van der Waals surface area contributed by atoms with E-state index in [1.807, 2.05) is 12.1 Å². The maximum absolute atomic E-state index is 12.6. The van der Waals surface area contributed by atoms with Gasteiger partial charge in [0.2, 0.25) is 11.8 Å². The van der Waals surface area contributed by atoms with Gasteiger partial charge in [0.15, 0.2) is 0 Å². The van der Waals surface area contributed by atoms with Crippen molar-refractivity contribution in [1.82, 2.24) is 10.2 Å². The number of rotatable bonds is 3. The van der Waals surface area contributed by atoms with Crippen molar-refractivity contribution >= 4 is 17.8 Å². The summed E-state index contributed by atoms with van der Waals surface area (Å²) in [5.74, 6) is -1.93. The zero-order valence-electron chi connectivity index (χ0n) is 14.0. The first-order valence-electron chi connectivity index (χ1n) is 7.66. The van der Waals surface area contributed by atoms with Crippen molar-refractivity contribution in [3.8, 4) is 5.75 Å². The average molecular weight is 332 g/mol. The number of methoxy groups -OCH3 is 2. The number of benzene rings is 1. The van der Waals surface area contributed by atoms with E-state index in [1.54, 1.807) is 26.2 Å². The molecule has 0 spiro atoms. The molecule has 0 radical (unpaired) electrons. The number of nitrogens with zero attached hydrogens (tertiary/aromatic N) is 1. The number of carbonyl (C=O) groups excluding carboxylic acids is 3. The number of fused-ring (bicyclic) bond motifs is 1. The molecule has 1 aromatic carbocycles. The molecular weight excluding hydrogens is 312 g/mol. The third-order valence-corrected chi connectivity index (χ3v) is 5.09. The van der Waals surface area contributed by atoms with Crippen LogP contribution in [0.1, 0.15) is 18.5 Å². The zero-order chi connectivity index (χ0) is 17.6. The van der Waals surface area contributed by atoms with Crippen molar-refractivity contribution in [2.75, 3.05) is 21.3 Å². The zero-order valence-corrected chi connectivity index (χ0v) is 14.0. The molecule has 24 heavy (non-hydrogen) atoms. The minimum atomic E-state index is -1.25. The summed E-state index contributed by atoms with van der Waals surface area (Å²) in [7, 11) is 4.29. The molecule has 2 saturated heterocycles. The number of carbonyl (C=O) groups is 3. The Labute approximate surface area is 139 Å². The predicted octanol–water partition coefficient (Wildman–Crippen LogP) is 0.502. The molecule has 3 rings (SSSR count). The molecule has 128 valence electrons. The lowest BCUT2D eigenvalue weighted by Gasteiger charge is -2.27. The molecule has 2 aliphatic rings. The molecule has 2 amide bonds. The highest BCUT2D eigenvalue weighted by atomic mass is 16.5. The Bertz CT molecular complexity index is 701. The van der Waals surface area contributed by atoms with Crippen LogP contribution in [0, 0.1) is 11.8 Å². The third kappa shape index (κ3) is 2.11. The number of hydrogen-bond donors (Lipinski definition) is 1. The second kappa shape index (κ2) is 5.59. The van der Waals surface area contributed by atoms with Crippen molar-refractivity contribution < 1.29 is 23.9 Å². The molecule has 0 bridgehead atoms. The van der Waals surface area contributed by atoms with E-state index < -0.39 is 29.4 Å². The number of hydrogen-bond acceptors (Lipinski definition) is 6. The van der Waals surface area contributed by atoms with E-state index in [-0.39, 0.29) is 11.8 Å². The number of nitrogens with one attached hydrogen (secondary N) is 1. The van der Waals surface area contributed by atoms with Crippen LogP contribution < -0.4 is 10.1 Å². The van der Waals surface area contributed by atoms with Crippen molar-refractivity contribution in [1.29, 1.82) is 0 Å². The first kappa shape index (κ1) is 16.4. The number of amides is 2. The lowest BCUT2D eigenvalue weighted by Crippen LogP contribution is -2.53. The Morgan fingerprint density at radius 2 is 1.79 bits per heavy atom. The fourth-order valence-corrected chi connectivity index (χ4v) is 3.78. The standard InChI is InChI=1S/C17H20N2O5/c1-17(16(22)24-4)12-11(14(20)19(2)15(12)21)13(18-17)9-5-7-10(23-3)8-6-9/h5-8,11-13,18H,1-4H3/t11-,12-,13-,17+/m0/s1. The minimum absolute atomic E-state index is 0.286. The van der Waals surface area contributed by atoms with E-state index in [4.69, 9.17) is 9.47 Å². The molecule has 7 heteroatoms. The SMILES string of the molecule is COC(=O)[C@]1(C)N[C@@H](c2ccc(OC)cc2)[C@H]2C(=O)N(C)C(=O)[C@H]21. The third-order valence-electron chi connectivity index (χ3n) is 5.09. The summed E-state index contributed by atoms with van der Waals surface area (Å²) in [6.45, 7) is 1.62. The smallest absolute Gasteiger partial charge is 0.326 e. The minimum Gasteiger partial charge on any atom is -0.497 e. The Hall–Kier alpha value is -2.41. The molecule has 1 N–H and O–H groups in total. The second-order valence-corrected chi connectivity index (χ2v) is 6.33. The number of esters is 1. The maximum Gasteiger partial charge on any atom is 0.326 e. The Balaban J connectivity index is 2.06. The molecule has 1 aromatic rings. The molecule has 0 unspecified atom stereocenters. The number of likely N-dealkylation sites (tertiary alicyclic amines) is 1. The monoisotopic (exact) mass is 332 g/mol. The average Bonchev–Trinajstić information content (AvgIpc) is 3.04. The van der Waals surface area contributed by atoms with Crippen LogP contribution in [-0.2, 0) is 19.1 Å². The normalized spacial score (nSPS) is 32.0. The summed E-state index contributed by atoms with van der Waals surface area (Å²) in [6, 6.07) is 6.76. The molecule has 0 aromatic heterocycles. The molecule has 2 fully saturated rings. The lowest BCUT2D eigenvalue weighted by atomic mass is 9.80. The number of ether oxygens (including phenoxy) is 2. The van der Waals surface area contributed by atoms with Gasteiger partial charge in [-0.2, -0.15) is 0 Å². The van der Waals surface area contributed by atoms with Gasteiger partial charge >= 0.3 is 5.97 Å². The highest BCUT2D eigenvalue weighted by Crippen LogP contribution is 2.48. The van der Waals surface area contributed by atoms with Crippen LogP contribution in [0.5, 0.6) is 5.75 Å². The molecular formula is C17H20N2O5. The Morgan fingerprint density at radius 1 is 1.17 bits per heavy atom. The van der Waals surface area contributed by atoms with Gasteiger partial charge in [-0.15, -0.1) is 0 Å². The van der Waals surface area contributed by atoms with Gasteiger partial charge in [-0.1, -0.05) is 12.1 Å². The van der Waals surface area contributed by atoms with Crippen molar-refractivity contribution in [2.24, 2.45) is 11.8 Å². The van der Waals surface area contributed by atoms with Crippen LogP contribution in [0.3, 0.4) is 0 Å².